The van der Waals surface area contributed by atoms with Crippen LogP contribution in [0.25, 0.3) is 16.9 Å². The number of hydrogen-bond acceptors (Lipinski definition) is 2. The van der Waals surface area contributed by atoms with E-state index in [0.717, 1.165) is 28.9 Å². The molecule has 2 unspecified atom stereocenters. The monoisotopic (exact) mass is 517 g/mol. The highest BCUT2D eigenvalue weighted by Gasteiger charge is 2.21. The largest absolute Gasteiger partial charge is 0.351 e. The Kier molecular flexibility index (Phi) is 9.26. The standard InChI is InChI=1S/C27H30Cl3N3O/c1-5-6-17(2)19(4)31-13-14-32-27(34)23-16-33(25-12-11-22(29)15-24(25)30)26(18(23)3)20-7-9-21(28)10-8-20/h5,7-12,15-17,19,31H,1,6,13-14H2,2-4H3,(H,32,34). The van der Waals surface area contributed by atoms with E-state index in [1.54, 1.807) is 12.1 Å². The van der Waals surface area contributed by atoms with Gasteiger partial charge in [0.05, 0.1) is 22.0 Å². The summed E-state index contributed by atoms with van der Waals surface area (Å²) in [4.78, 5) is 13.1. The second-order valence-corrected chi connectivity index (χ2v) is 9.77. The Bertz CT molecular complexity index is 1150. The minimum atomic E-state index is -0.134. The van der Waals surface area contributed by atoms with Crippen LogP contribution in [0.4, 0.5) is 0 Å². The van der Waals surface area contributed by atoms with E-state index in [1.165, 1.54) is 0 Å². The summed E-state index contributed by atoms with van der Waals surface area (Å²) in [6, 6.07) is 13.2. The molecule has 3 rings (SSSR count). The highest BCUT2D eigenvalue weighted by Crippen LogP contribution is 2.34. The van der Waals surface area contributed by atoms with Crippen LogP contribution in [0, 0.1) is 12.8 Å². The molecule has 7 heteroatoms. The Balaban J connectivity index is 1.86. The van der Waals surface area contributed by atoms with Gasteiger partial charge in [-0.25, -0.2) is 0 Å². The van der Waals surface area contributed by atoms with Crippen molar-refractivity contribution in [2.45, 2.75) is 33.2 Å². The van der Waals surface area contributed by atoms with Crippen molar-refractivity contribution in [3.63, 3.8) is 0 Å². The molecule has 1 amide bonds. The number of allylic oxidation sites excluding steroid dienone is 1. The molecule has 4 nitrogen and oxygen atoms in total. The van der Waals surface area contributed by atoms with E-state index < -0.39 is 0 Å². The van der Waals surface area contributed by atoms with E-state index >= 15 is 0 Å². The van der Waals surface area contributed by atoms with Crippen LogP contribution < -0.4 is 10.6 Å². The topological polar surface area (TPSA) is 46.1 Å². The SMILES string of the molecule is C=CCC(C)C(C)NCCNC(=O)c1cn(-c2ccc(Cl)cc2Cl)c(-c2ccc(Cl)cc2)c1C. The Morgan fingerprint density at radius 3 is 2.38 bits per heavy atom. The smallest absolute Gasteiger partial charge is 0.253 e. The van der Waals surface area contributed by atoms with Crippen molar-refractivity contribution < 1.29 is 4.79 Å². The predicted molar refractivity (Wildman–Crippen MR) is 145 cm³/mol. The number of nitrogens with zero attached hydrogens (tertiary/aromatic N) is 1. The van der Waals surface area contributed by atoms with Crippen LogP contribution in [-0.4, -0.2) is 29.6 Å². The molecule has 0 fully saturated rings. The molecule has 180 valence electrons. The third-order valence-electron chi connectivity index (χ3n) is 6.06. The molecular formula is C27H30Cl3N3O. The number of rotatable bonds is 10. The first-order chi connectivity index (χ1) is 16.2. The molecule has 2 atom stereocenters. The minimum Gasteiger partial charge on any atom is -0.351 e. The molecule has 0 aliphatic rings. The van der Waals surface area contributed by atoms with Gasteiger partial charge in [0.1, 0.15) is 0 Å². The lowest BCUT2D eigenvalue weighted by Crippen LogP contribution is -2.38. The van der Waals surface area contributed by atoms with Crippen molar-refractivity contribution >= 4 is 40.7 Å². The van der Waals surface area contributed by atoms with E-state index in [-0.39, 0.29) is 5.91 Å². The maximum absolute atomic E-state index is 13.1. The Morgan fingerprint density at radius 1 is 1.06 bits per heavy atom. The second kappa shape index (κ2) is 11.9. The fraction of sp³-hybridized carbons (Fsp3) is 0.296. The van der Waals surface area contributed by atoms with Crippen LogP contribution in [0.5, 0.6) is 0 Å². The van der Waals surface area contributed by atoms with Gasteiger partial charge in [0, 0.05) is 35.4 Å². The predicted octanol–water partition coefficient (Wildman–Crippen LogP) is 7.33. The first kappa shape index (κ1) is 26.4. The van der Waals surface area contributed by atoms with Crippen molar-refractivity contribution in [2.75, 3.05) is 13.1 Å². The molecule has 2 aromatic carbocycles. The molecule has 3 aromatic rings. The van der Waals surface area contributed by atoms with Crippen molar-refractivity contribution in [3.05, 3.63) is 87.5 Å². The van der Waals surface area contributed by atoms with E-state index in [2.05, 4.69) is 31.1 Å². The summed E-state index contributed by atoms with van der Waals surface area (Å²) in [5.41, 5.74) is 3.98. The minimum absolute atomic E-state index is 0.134. The van der Waals surface area contributed by atoms with Gasteiger partial charge in [-0.1, -0.05) is 59.9 Å². The number of hydrogen-bond donors (Lipinski definition) is 2. The molecule has 2 N–H and O–H groups in total. The lowest BCUT2D eigenvalue weighted by atomic mass is 10.00. The van der Waals surface area contributed by atoms with Crippen molar-refractivity contribution in [3.8, 4) is 16.9 Å². The second-order valence-electron chi connectivity index (χ2n) is 8.49. The molecular weight excluding hydrogens is 489 g/mol. The van der Waals surface area contributed by atoms with Gasteiger partial charge in [-0.3, -0.25) is 4.79 Å². The first-order valence-corrected chi connectivity index (χ1v) is 12.4. The van der Waals surface area contributed by atoms with Gasteiger partial charge in [0.15, 0.2) is 0 Å². The van der Waals surface area contributed by atoms with Gasteiger partial charge in [0.2, 0.25) is 0 Å². The van der Waals surface area contributed by atoms with E-state index in [0.29, 0.717) is 45.7 Å². The Hall–Kier alpha value is -2.24. The van der Waals surface area contributed by atoms with Crippen molar-refractivity contribution in [1.29, 1.82) is 0 Å². The summed E-state index contributed by atoms with van der Waals surface area (Å²) in [7, 11) is 0. The number of halogens is 3. The number of carbonyl (C=O) groups is 1. The van der Waals surface area contributed by atoms with Gasteiger partial charge in [-0.2, -0.15) is 0 Å². The normalized spacial score (nSPS) is 12.9. The zero-order valence-corrected chi connectivity index (χ0v) is 21.9. The van der Waals surface area contributed by atoms with Gasteiger partial charge >= 0.3 is 0 Å². The zero-order valence-electron chi connectivity index (χ0n) is 19.7. The summed E-state index contributed by atoms with van der Waals surface area (Å²) in [6.45, 7) is 11.3. The van der Waals surface area contributed by atoms with Gasteiger partial charge in [-0.15, -0.1) is 6.58 Å². The molecule has 34 heavy (non-hydrogen) atoms. The fourth-order valence-electron chi connectivity index (χ4n) is 3.90. The van der Waals surface area contributed by atoms with E-state index in [9.17, 15) is 4.79 Å². The summed E-state index contributed by atoms with van der Waals surface area (Å²) in [6.07, 6.45) is 4.71. The van der Waals surface area contributed by atoms with Gasteiger partial charge < -0.3 is 15.2 Å². The lowest BCUT2D eigenvalue weighted by Gasteiger charge is -2.20. The molecule has 0 aliphatic carbocycles. The molecule has 0 saturated heterocycles. The van der Waals surface area contributed by atoms with Gasteiger partial charge in [0.25, 0.3) is 5.91 Å². The van der Waals surface area contributed by atoms with E-state index in [4.69, 9.17) is 34.8 Å². The zero-order chi connectivity index (χ0) is 24.8. The van der Waals surface area contributed by atoms with Crippen LogP contribution in [0.3, 0.4) is 0 Å². The number of benzene rings is 2. The third-order valence-corrected chi connectivity index (χ3v) is 6.85. The maximum Gasteiger partial charge on any atom is 0.253 e. The van der Waals surface area contributed by atoms with Gasteiger partial charge in [-0.05, 0) is 67.6 Å². The summed E-state index contributed by atoms with van der Waals surface area (Å²) in [5, 5.41) is 8.19. The third kappa shape index (κ3) is 6.25. The van der Waals surface area contributed by atoms with E-state index in [1.807, 2.05) is 54.1 Å². The molecule has 1 aromatic heterocycles. The molecule has 0 aliphatic heterocycles. The Labute approximate surface area is 216 Å². The molecule has 0 saturated carbocycles. The maximum atomic E-state index is 13.1. The van der Waals surface area contributed by atoms with Crippen LogP contribution in [0.2, 0.25) is 15.1 Å². The number of carbonyl (C=O) groups excluding carboxylic acids is 1. The highest BCUT2D eigenvalue weighted by molar-refractivity contribution is 6.35. The molecule has 0 bridgehead atoms. The highest BCUT2D eigenvalue weighted by atomic mass is 35.5. The Morgan fingerprint density at radius 2 is 1.74 bits per heavy atom. The fourth-order valence-corrected chi connectivity index (χ4v) is 4.52. The molecule has 0 radical (unpaired) electrons. The first-order valence-electron chi connectivity index (χ1n) is 11.3. The van der Waals surface area contributed by atoms with Crippen LogP contribution >= 0.6 is 34.8 Å². The lowest BCUT2D eigenvalue weighted by molar-refractivity contribution is 0.0953. The average Bonchev–Trinajstić information content (AvgIpc) is 3.14. The summed E-state index contributed by atoms with van der Waals surface area (Å²) in [5.74, 6) is 0.348. The molecule has 1 heterocycles. The summed E-state index contributed by atoms with van der Waals surface area (Å²) >= 11 is 18.7. The quantitative estimate of drug-likeness (QED) is 0.218. The van der Waals surface area contributed by atoms with Crippen LogP contribution in [0.15, 0.2) is 61.3 Å². The average molecular weight is 519 g/mol. The summed E-state index contributed by atoms with van der Waals surface area (Å²) < 4.78 is 1.93. The molecule has 0 spiro atoms. The number of aromatic nitrogens is 1. The van der Waals surface area contributed by atoms with Crippen LogP contribution in [0.1, 0.15) is 36.2 Å². The van der Waals surface area contributed by atoms with Crippen molar-refractivity contribution in [2.24, 2.45) is 5.92 Å². The number of amides is 1. The van der Waals surface area contributed by atoms with Crippen LogP contribution in [-0.2, 0) is 0 Å². The van der Waals surface area contributed by atoms with Crippen molar-refractivity contribution in [1.82, 2.24) is 15.2 Å². The number of nitrogens with one attached hydrogen (secondary N) is 2.